The first kappa shape index (κ1) is 30.2. The van der Waals surface area contributed by atoms with Crippen molar-refractivity contribution in [1.29, 1.82) is 0 Å². The number of fused-ring (bicyclic) bond motifs is 5. The highest BCUT2D eigenvalue weighted by molar-refractivity contribution is 6.31. The molecule has 2 amide bonds. The molecule has 7 nitrogen and oxygen atoms in total. The summed E-state index contributed by atoms with van der Waals surface area (Å²) in [7, 11) is 4.10. The molecule has 2 aliphatic rings. The van der Waals surface area contributed by atoms with Crippen LogP contribution in [0.5, 0.6) is 0 Å². The summed E-state index contributed by atoms with van der Waals surface area (Å²) >= 11 is 6.51. The van der Waals surface area contributed by atoms with E-state index in [1.807, 2.05) is 79.8 Å². The second-order valence-electron chi connectivity index (χ2n) is 12.6. The maximum atomic E-state index is 15.0. The van der Waals surface area contributed by atoms with Crippen molar-refractivity contribution in [2.75, 3.05) is 38.7 Å². The van der Waals surface area contributed by atoms with E-state index in [2.05, 4.69) is 51.6 Å². The number of hydrogen-bond acceptors (Lipinski definition) is 4. The molecular weight excluding hydrogens is 596 g/mol. The number of nitrogens with zero attached hydrogens (tertiary/aromatic N) is 2. The van der Waals surface area contributed by atoms with Crippen molar-refractivity contribution in [2.24, 2.45) is 5.92 Å². The molecule has 0 bridgehead atoms. The van der Waals surface area contributed by atoms with E-state index < -0.39 is 12.1 Å². The average molecular weight is 633 g/mol. The van der Waals surface area contributed by atoms with Crippen LogP contribution in [0.4, 0.5) is 5.69 Å². The minimum absolute atomic E-state index is 0.0628. The van der Waals surface area contributed by atoms with Crippen molar-refractivity contribution < 1.29 is 14.3 Å². The van der Waals surface area contributed by atoms with Gasteiger partial charge in [0.1, 0.15) is 0 Å². The molecule has 1 aliphatic carbocycles. The van der Waals surface area contributed by atoms with Crippen LogP contribution in [0.3, 0.4) is 0 Å². The van der Waals surface area contributed by atoms with Crippen molar-refractivity contribution in [2.45, 2.75) is 24.5 Å². The highest BCUT2D eigenvalue weighted by Crippen LogP contribution is 2.45. The molecule has 4 aromatic carbocycles. The molecule has 2 unspecified atom stereocenters. The smallest absolute Gasteiger partial charge is 0.258 e. The number of H-pyrrole nitrogens is 1. The van der Waals surface area contributed by atoms with Gasteiger partial charge in [-0.25, -0.2) is 0 Å². The number of carbonyl (C=O) groups is 2. The molecule has 8 heteroatoms. The van der Waals surface area contributed by atoms with Crippen LogP contribution in [-0.4, -0.2) is 62.1 Å². The van der Waals surface area contributed by atoms with Gasteiger partial charge in [0.15, 0.2) is 6.10 Å². The average Bonchev–Trinajstić information content (AvgIpc) is 3.63. The first-order chi connectivity index (χ1) is 22.4. The van der Waals surface area contributed by atoms with Gasteiger partial charge >= 0.3 is 0 Å². The molecule has 0 saturated carbocycles. The van der Waals surface area contributed by atoms with Gasteiger partial charge in [0.25, 0.3) is 5.91 Å². The van der Waals surface area contributed by atoms with Crippen LogP contribution < -0.4 is 10.2 Å². The largest absolute Gasteiger partial charge is 0.365 e. The number of aromatic nitrogens is 1. The number of anilines is 1. The molecule has 0 spiro atoms. The van der Waals surface area contributed by atoms with Crippen LogP contribution in [-0.2, 0) is 20.7 Å². The molecule has 0 fully saturated rings. The molecule has 2 heterocycles. The number of para-hydroxylation sites is 1. The van der Waals surface area contributed by atoms with E-state index in [0.717, 1.165) is 40.7 Å². The number of aromatic amines is 1. The first-order valence-electron chi connectivity index (χ1n) is 15.7. The Hall–Kier alpha value is -4.43. The molecular formula is C38H37ClN4O3. The van der Waals surface area contributed by atoms with Crippen molar-refractivity contribution in [3.05, 3.63) is 124 Å². The van der Waals surface area contributed by atoms with Gasteiger partial charge in [-0.2, -0.15) is 0 Å². The third-order valence-corrected chi connectivity index (χ3v) is 9.57. The van der Waals surface area contributed by atoms with Crippen molar-refractivity contribution in [1.82, 2.24) is 15.2 Å². The van der Waals surface area contributed by atoms with Crippen molar-refractivity contribution in [3.63, 3.8) is 0 Å². The van der Waals surface area contributed by atoms with E-state index in [0.29, 0.717) is 18.0 Å². The Kier molecular flexibility index (Phi) is 8.38. The fourth-order valence-electron chi connectivity index (χ4n) is 7.41. The first-order valence-corrected chi connectivity index (χ1v) is 16.1. The SMILES string of the molecule is CN(C)C[C@@H]1Cc2ccc(Cl)cc2N(C(=O)C(OCC2c3ccccc3-c3ccccc32)C(NC=O)c2c[nH]c3ccccc23)C1. The minimum Gasteiger partial charge on any atom is -0.365 e. The number of benzene rings is 4. The van der Waals surface area contributed by atoms with E-state index in [-0.39, 0.29) is 24.3 Å². The summed E-state index contributed by atoms with van der Waals surface area (Å²) in [6.45, 7) is 1.60. The molecule has 1 aromatic heterocycles. The zero-order chi connectivity index (χ0) is 31.8. The molecule has 0 radical (unpaired) electrons. The van der Waals surface area contributed by atoms with E-state index in [1.165, 1.54) is 22.3 Å². The molecule has 5 aromatic rings. The number of halogens is 1. The number of ether oxygens (including phenoxy) is 1. The Labute approximate surface area is 274 Å². The Bertz CT molecular complexity index is 1860. The van der Waals surface area contributed by atoms with Gasteiger partial charge in [-0.3, -0.25) is 9.59 Å². The van der Waals surface area contributed by atoms with E-state index in [1.54, 1.807) is 0 Å². The summed E-state index contributed by atoms with van der Waals surface area (Å²) in [4.78, 5) is 34.6. The number of rotatable bonds is 10. The maximum absolute atomic E-state index is 15.0. The quantitative estimate of drug-likeness (QED) is 0.171. The molecule has 3 atom stereocenters. The zero-order valence-corrected chi connectivity index (χ0v) is 26.7. The third kappa shape index (κ3) is 5.60. The number of carbonyl (C=O) groups excluding carboxylic acids is 2. The van der Waals surface area contributed by atoms with Crippen LogP contribution in [0.1, 0.15) is 34.2 Å². The predicted molar refractivity (Wildman–Crippen MR) is 183 cm³/mol. The zero-order valence-electron chi connectivity index (χ0n) is 25.9. The standard InChI is InChI=1S/C38H37ClN4O3/c1-42(2)20-24-17-25-15-16-26(39)18-35(25)43(21-24)38(45)37(36(41-23-44)32-19-40-34-14-8-7-13-31(32)34)46-22-33-29-11-5-3-9-27(29)28-10-4-6-12-30(28)33/h3-16,18-19,23-24,33,36-37,40H,17,20-22H2,1-2H3,(H,41,44)/t24-,36?,37?/m0/s1. The summed E-state index contributed by atoms with van der Waals surface area (Å²) < 4.78 is 6.83. The Morgan fingerprint density at radius 2 is 1.72 bits per heavy atom. The van der Waals surface area contributed by atoms with Crippen LogP contribution in [0.25, 0.3) is 22.0 Å². The fourth-order valence-corrected chi connectivity index (χ4v) is 7.57. The summed E-state index contributed by atoms with van der Waals surface area (Å²) in [6, 6.07) is 29.6. The predicted octanol–water partition coefficient (Wildman–Crippen LogP) is 6.57. The van der Waals surface area contributed by atoms with Gasteiger partial charge in [-0.1, -0.05) is 84.4 Å². The van der Waals surface area contributed by atoms with E-state index in [4.69, 9.17) is 16.3 Å². The Morgan fingerprint density at radius 3 is 2.43 bits per heavy atom. The summed E-state index contributed by atoms with van der Waals surface area (Å²) in [5.41, 5.74) is 8.27. The number of hydrogen-bond donors (Lipinski definition) is 2. The van der Waals surface area contributed by atoms with Crippen LogP contribution in [0, 0.1) is 5.92 Å². The van der Waals surface area contributed by atoms with Crippen LogP contribution in [0.2, 0.25) is 5.02 Å². The van der Waals surface area contributed by atoms with Gasteiger partial charge < -0.3 is 24.8 Å². The van der Waals surface area contributed by atoms with Gasteiger partial charge in [0, 0.05) is 52.4 Å². The Morgan fingerprint density at radius 1 is 1.02 bits per heavy atom. The molecule has 2 N–H and O–H groups in total. The topological polar surface area (TPSA) is 77.7 Å². The number of nitrogens with one attached hydrogen (secondary N) is 2. The highest BCUT2D eigenvalue weighted by atomic mass is 35.5. The van der Waals surface area contributed by atoms with Gasteiger partial charge in [0.2, 0.25) is 6.41 Å². The van der Waals surface area contributed by atoms with Crippen LogP contribution in [0.15, 0.2) is 97.2 Å². The molecule has 234 valence electrons. The summed E-state index contributed by atoms with van der Waals surface area (Å²) in [5.74, 6) is -0.0595. The van der Waals surface area contributed by atoms with Crippen molar-refractivity contribution in [3.8, 4) is 11.1 Å². The number of amides is 2. The summed E-state index contributed by atoms with van der Waals surface area (Å²) in [5, 5.41) is 4.47. The van der Waals surface area contributed by atoms with Gasteiger partial charge in [-0.15, -0.1) is 0 Å². The Balaban J connectivity index is 1.31. The van der Waals surface area contributed by atoms with Gasteiger partial charge in [-0.05, 0) is 72.5 Å². The third-order valence-electron chi connectivity index (χ3n) is 9.33. The van der Waals surface area contributed by atoms with Crippen molar-refractivity contribution >= 4 is 40.5 Å². The lowest BCUT2D eigenvalue weighted by atomic mass is 9.90. The molecule has 1 aliphatic heterocycles. The second-order valence-corrected chi connectivity index (χ2v) is 13.0. The lowest BCUT2D eigenvalue weighted by Crippen LogP contribution is -2.51. The fraction of sp³-hybridized carbons (Fsp3) is 0.263. The van der Waals surface area contributed by atoms with E-state index in [9.17, 15) is 4.79 Å². The lowest BCUT2D eigenvalue weighted by Gasteiger charge is -2.39. The highest BCUT2D eigenvalue weighted by Gasteiger charge is 2.40. The molecule has 46 heavy (non-hydrogen) atoms. The van der Waals surface area contributed by atoms with Crippen LogP contribution >= 0.6 is 11.6 Å². The normalized spacial score (nSPS) is 17.0. The monoisotopic (exact) mass is 632 g/mol. The minimum atomic E-state index is -1.02. The van der Waals surface area contributed by atoms with Gasteiger partial charge in [0.05, 0.1) is 12.6 Å². The van der Waals surface area contributed by atoms with E-state index >= 15 is 4.79 Å². The summed E-state index contributed by atoms with van der Waals surface area (Å²) in [6.07, 6.45) is 2.35. The maximum Gasteiger partial charge on any atom is 0.258 e. The molecule has 0 saturated heterocycles. The molecule has 7 rings (SSSR count). The second kappa shape index (κ2) is 12.8. The lowest BCUT2D eigenvalue weighted by molar-refractivity contribution is -0.133.